The minimum absolute atomic E-state index is 0.0851. The molecule has 1 unspecified atom stereocenters. The van der Waals surface area contributed by atoms with Crippen molar-refractivity contribution >= 4 is 21.8 Å². The second-order valence-electron chi connectivity index (χ2n) is 6.87. The van der Waals surface area contributed by atoms with Crippen LogP contribution < -0.4 is 0 Å². The molecule has 2 fully saturated rings. The van der Waals surface area contributed by atoms with Crippen LogP contribution in [0.5, 0.6) is 0 Å². The van der Waals surface area contributed by atoms with Gasteiger partial charge >= 0.3 is 0 Å². The van der Waals surface area contributed by atoms with E-state index in [0.29, 0.717) is 11.4 Å². The van der Waals surface area contributed by atoms with Gasteiger partial charge in [0.15, 0.2) is 0 Å². The van der Waals surface area contributed by atoms with Crippen LogP contribution in [0.25, 0.3) is 0 Å². The maximum atomic E-state index is 13.2. The van der Waals surface area contributed by atoms with Crippen LogP contribution in [0, 0.1) is 6.92 Å². The molecule has 2 aliphatic heterocycles. The number of thioether (sulfide) groups is 1. The molecule has 1 aromatic rings. The van der Waals surface area contributed by atoms with E-state index in [1.54, 1.807) is 16.4 Å². The second-order valence-corrected chi connectivity index (χ2v) is 9.91. The second kappa shape index (κ2) is 8.21. The van der Waals surface area contributed by atoms with Gasteiger partial charge in [0.25, 0.3) is 0 Å². The summed E-state index contributed by atoms with van der Waals surface area (Å²) >= 11 is 1.90. The molecule has 0 amide bonds. The molecule has 0 N–H and O–H groups in total. The van der Waals surface area contributed by atoms with Gasteiger partial charge in [0.05, 0.1) is 4.90 Å². The molecule has 0 saturated carbocycles. The lowest BCUT2D eigenvalue weighted by Gasteiger charge is -2.35. The molecule has 4 nitrogen and oxygen atoms in total. The maximum Gasteiger partial charge on any atom is 0.243 e. The molecule has 1 atom stereocenters. The van der Waals surface area contributed by atoms with E-state index in [-0.39, 0.29) is 6.04 Å². The molecule has 2 saturated heterocycles. The summed E-state index contributed by atoms with van der Waals surface area (Å²) in [6.45, 7) is 5.72. The van der Waals surface area contributed by atoms with Crippen LogP contribution in [0.4, 0.5) is 0 Å². The zero-order valence-corrected chi connectivity index (χ0v) is 16.1. The molecule has 2 aliphatic rings. The predicted octanol–water partition coefficient (Wildman–Crippen LogP) is 2.98. The Morgan fingerprint density at radius 2 is 1.75 bits per heavy atom. The van der Waals surface area contributed by atoms with Gasteiger partial charge in [0, 0.05) is 24.9 Å². The van der Waals surface area contributed by atoms with Gasteiger partial charge in [0.1, 0.15) is 0 Å². The maximum absolute atomic E-state index is 13.2. The van der Waals surface area contributed by atoms with E-state index < -0.39 is 10.0 Å². The minimum atomic E-state index is -3.41. The monoisotopic (exact) mass is 368 g/mol. The van der Waals surface area contributed by atoms with Crippen molar-refractivity contribution in [2.75, 3.05) is 37.7 Å². The average Bonchev–Trinajstić information content (AvgIpc) is 2.82. The average molecular weight is 369 g/mol. The van der Waals surface area contributed by atoms with E-state index >= 15 is 0 Å². The summed E-state index contributed by atoms with van der Waals surface area (Å²) in [5.41, 5.74) is 1.09. The van der Waals surface area contributed by atoms with Crippen molar-refractivity contribution < 1.29 is 8.42 Å². The molecule has 0 spiro atoms. The summed E-state index contributed by atoms with van der Waals surface area (Å²) in [6.07, 6.45) is 4.72. The minimum Gasteiger partial charge on any atom is -0.302 e. The third-order valence-electron chi connectivity index (χ3n) is 4.93. The highest BCUT2D eigenvalue weighted by Crippen LogP contribution is 2.25. The van der Waals surface area contributed by atoms with Gasteiger partial charge in [-0.25, -0.2) is 8.42 Å². The number of rotatable bonds is 4. The normalized spacial score (nSPS) is 24.6. The van der Waals surface area contributed by atoms with Crippen molar-refractivity contribution in [2.24, 2.45) is 0 Å². The van der Waals surface area contributed by atoms with E-state index in [9.17, 15) is 8.42 Å². The Morgan fingerprint density at radius 3 is 2.46 bits per heavy atom. The lowest BCUT2D eigenvalue weighted by molar-refractivity contribution is 0.183. The van der Waals surface area contributed by atoms with Crippen LogP contribution in [0.1, 0.15) is 31.2 Å². The molecule has 1 aromatic carbocycles. The van der Waals surface area contributed by atoms with Crippen molar-refractivity contribution in [1.82, 2.24) is 9.21 Å². The fraction of sp³-hybridized carbons (Fsp3) is 0.667. The number of nitrogens with zero attached hydrogens (tertiary/aromatic N) is 2. The fourth-order valence-corrected chi connectivity index (χ4v) is 6.36. The topological polar surface area (TPSA) is 40.6 Å². The van der Waals surface area contributed by atoms with Crippen LogP contribution in [0.3, 0.4) is 0 Å². The molecule has 0 aromatic heterocycles. The summed E-state index contributed by atoms with van der Waals surface area (Å²) in [6, 6.07) is 7.36. The van der Waals surface area contributed by atoms with Crippen molar-refractivity contribution in [3.8, 4) is 0 Å². The van der Waals surface area contributed by atoms with Gasteiger partial charge in [0.2, 0.25) is 10.0 Å². The molecular weight excluding hydrogens is 340 g/mol. The Hall–Kier alpha value is -0.560. The Kier molecular flexibility index (Phi) is 6.24. The van der Waals surface area contributed by atoms with Crippen LogP contribution in [-0.2, 0) is 10.0 Å². The molecule has 6 heteroatoms. The largest absolute Gasteiger partial charge is 0.302 e. The number of hydrogen-bond acceptors (Lipinski definition) is 4. The van der Waals surface area contributed by atoms with Gasteiger partial charge in [-0.1, -0.05) is 24.1 Å². The summed E-state index contributed by atoms with van der Waals surface area (Å²) in [5.74, 6) is 1.96. The van der Waals surface area contributed by atoms with Crippen LogP contribution in [-0.4, -0.2) is 61.3 Å². The van der Waals surface area contributed by atoms with Crippen LogP contribution >= 0.6 is 11.8 Å². The lowest BCUT2D eigenvalue weighted by Crippen LogP contribution is -2.49. The van der Waals surface area contributed by atoms with Crippen molar-refractivity contribution in [3.05, 3.63) is 29.8 Å². The highest BCUT2D eigenvalue weighted by molar-refractivity contribution is 7.99. The molecular formula is C18H28N2O2S2. The molecule has 0 aliphatic carbocycles. The fourth-order valence-electron chi connectivity index (χ4n) is 3.55. The number of piperidine rings is 1. The quantitative estimate of drug-likeness (QED) is 0.819. The molecule has 0 bridgehead atoms. The highest BCUT2D eigenvalue weighted by Gasteiger charge is 2.33. The predicted molar refractivity (Wildman–Crippen MR) is 101 cm³/mol. The van der Waals surface area contributed by atoms with Gasteiger partial charge in [-0.2, -0.15) is 16.1 Å². The first-order valence-corrected chi connectivity index (χ1v) is 11.6. The van der Waals surface area contributed by atoms with E-state index in [1.807, 2.05) is 30.8 Å². The Balaban J connectivity index is 1.81. The van der Waals surface area contributed by atoms with Gasteiger partial charge in [-0.15, -0.1) is 0 Å². The van der Waals surface area contributed by atoms with E-state index in [4.69, 9.17) is 0 Å². The number of hydrogen-bond donors (Lipinski definition) is 0. The third-order valence-corrected chi connectivity index (χ3v) is 8.09. The van der Waals surface area contributed by atoms with Gasteiger partial charge in [-0.3, -0.25) is 0 Å². The Labute approximate surface area is 150 Å². The van der Waals surface area contributed by atoms with Gasteiger partial charge < -0.3 is 4.90 Å². The Bertz CT molecular complexity index is 625. The zero-order valence-electron chi connectivity index (χ0n) is 14.5. The number of aryl methyl sites for hydroxylation is 1. The smallest absolute Gasteiger partial charge is 0.243 e. The molecule has 24 heavy (non-hydrogen) atoms. The number of sulfonamides is 1. The number of benzene rings is 1. The molecule has 134 valence electrons. The first kappa shape index (κ1) is 18.2. The lowest BCUT2D eigenvalue weighted by atomic mass is 10.1. The van der Waals surface area contributed by atoms with Crippen LogP contribution in [0.2, 0.25) is 0 Å². The SMILES string of the molecule is Cc1ccc(S(=O)(=O)N2CCCSCC2CN2CCCCC2)cc1. The first-order chi connectivity index (χ1) is 11.6. The third kappa shape index (κ3) is 4.34. The van der Waals surface area contributed by atoms with Crippen molar-refractivity contribution in [3.63, 3.8) is 0 Å². The standard InChI is InChI=1S/C18H28N2O2S2/c1-16-6-8-18(9-7-16)24(21,22)20-12-5-13-23-15-17(20)14-19-10-3-2-4-11-19/h6-9,17H,2-5,10-15H2,1H3. The van der Waals surface area contributed by atoms with Crippen molar-refractivity contribution in [2.45, 2.75) is 43.5 Å². The molecule has 2 heterocycles. The van der Waals surface area contributed by atoms with Gasteiger partial charge in [-0.05, 0) is 57.2 Å². The molecule has 0 radical (unpaired) electrons. The summed E-state index contributed by atoms with van der Waals surface area (Å²) in [4.78, 5) is 2.89. The number of likely N-dealkylation sites (tertiary alicyclic amines) is 1. The van der Waals surface area contributed by atoms with Crippen molar-refractivity contribution in [1.29, 1.82) is 0 Å². The molecule has 3 rings (SSSR count). The summed E-state index contributed by atoms with van der Waals surface area (Å²) in [7, 11) is -3.41. The highest BCUT2D eigenvalue weighted by atomic mass is 32.2. The first-order valence-electron chi connectivity index (χ1n) is 8.96. The zero-order chi connectivity index (χ0) is 17.0. The Morgan fingerprint density at radius 1 is 1.04 bits per heavy atom. The summed E-state index contributed by atoms with van der Waals surface area (Å²) < 4.78 is 28.2. The summed E-state index contributed by atoms with van der Waals surface area (Å²) in [5, 5.41) is 0. The van der Waals surface area contributed by atoms with E-state index in [1.165, 1.54) is 19.3 Å². The van der Waals surface area contributed by atoms with E-state index in [2.05, 4.69) is 4.90 Å². The van der Waals surface area contributed by atoms with Crippen LogP contribution in [0.15, 0.2) is 29.2 Å². The van der Waals surface area contributed by atoms with E-state index in [0.717, 1.165) is 43.1 Å².